The molecule has 32 heavy (non-hydrogen) atoms. The number of anilines is 3. The van der Waals surface area contributed by atoms with E-state index in [9.17, 15) is 14.9 Å². The Hall–Kier alpha value is -4.61. The lowest BCUT2D eigenvalue weighted by atomic mass is 10.2. The first-order valence-corrected chi connectivity index (χ1v) is 9.15. The van der Waals surface area contributed by atoms with Crippen molar-refractivity contribution in [2.45, 2.75) is 0 Å². The molecule has 3 rings (SSSR count). The normalized spacial score (nSPS) is 10.1. The van der Waals surface area contributed by atoms with Gasteiger partial charge < -0.3 is 19.5 Å². The largest absolute Gasteiger partial charge is 0.497 e. The predicted molar refractivity (Wildman–Crippen MR) is 116 cm³/mol. The van der Waals surface area contributed by atoms with Crippen LogP contribution in [0.1, 0.15) is 10.4 Å². The SMILES string of the molecule is COc1ccc(C(=O)NNc2ncnc(Nc3cc(OC)ccc3OC)c2[N+](=O)[O-])cc1. The highest BCUT2D eigenvalue weighted by Gasteiger charge is 2.24. The monoisotopic (exact) mass is 440 g/mol. The Bertz CT molecular complexity index is 1120. The van der Waals surface area contributed by atoms with Gasteiger partial charge in [-0.05, 0) is 36.4 Å². The number of aromatic nitrogens is 2. The lowest BCUT2D eigenvalue weighted by Gasteiger charge is -2.13. The fourth-order valence-electron chi connectivity index (χ4n) is 2.70. The van der Waals surface area contributed by atoms with Crippen molar-refractivity contribution in [2.75, 3.05) is 32.1 Å². The molecule has 0 unspecified atom stereocenters. The Morgan fingerprint density at radius 3 is 2.22 bits per heavy atom. The van der Waals surface area contributed by atoms with Crippen LogP contribution in [0, 0.1) is 10.1 Å². The summed E-state index contributed by atoms with van der Waals surface area (Å²) in [5, 5.41) is 14.6. The lowest BCUT2D eigenvalue weighted by Crippen LogP contribution is -2.30. The fourth-order valence-corrected chi connectivity index (χ4v) is 2.70. The summed E-state index contributed by atoms with van der Waals surface area (Å²) in [6.45, 7) is 0. The van der Waals surface area contributed by atoms with E-state index in [1.807, 2.05) is 0 Å². The molecule has 0 aliphatic rings. The Kier molecular flexibility index (Phi) is 6.85. The fraction of sp³-hybridized carbons (Fsp3) is 0.150. The molecule has 0 atom stereocenters. The minimum Gasteiger partial charge on any atom is -0.497 e. The summed E-state index contributed by atoms with van der Waals surface area (Å²) in [7, 11) is 4.47. The van der Waals surface area contributed by atoms with Crippen LogP contribution in [0.25, 0.3) is 0 Å². The highest BCUT2D eigenvalue weighted by atomic mass is 16.6. The first-order valence-electron chi connectivity index (χ1n) is 9.15. The number of methoxy groups -OCH3 is 3. The number of amides is 1. The number of carbonyl (C=O) groups excluding carboxylic acids is 1. The molecule has 1 amide bonds. The molecular formula is C20H20N6O6. The van der Waals surface area contributed by atoms with Gasteiger partial charge in [-0.15, -0.1) is 0 Å². The van der Waals surface area contributed by atoms with Crippen molar-refractivity contribution in [1.82, 2.24) is 15.4 Å². The summed E-state index contributed by atoms with van der Waals surface area (Å²) < 4.78 is 15.5. The summed E-state index contributed by atoms with van der Waals surface area (Å²) in [6, 6.07) is 11.3. The minimum absolute atomic E-state index is 0.113. The number of nitrogens with one attached hydrogen (secondary N) is 3. The molecule has 12 nitrogen and oxygen atoms in total. The van der Waals surface area contributed by atoms with Gasteiger partial charge >= 0.3 is 5.69 Å². The van der Waals surface area contributed by atoms with Crippen molar-refractivity contribution < 1.29 is 23.9 Å². The number of ether oxygens (including phenoxy) is 3. The van der Waals surface area contributed by atoms with Crippen LogP contribution in [-0.4, -0.2) is 42.1 Å². The van der Waals surface area contributed by atoms with Gasteiger partial charge in [0.15, 0.2) is 0 Å². The molecule has 0 bridgehead atoms. The minimum atomic E-state index is -0.670. The van der Waals surface area contributed by atoms with E-state index in [4.69, 9.17) is 14.2 Å². The Morgan fingerprint density at radius 1 is 0.938 bits per heavy atom. The highest BCUT2D eigenvalue weighted by Crippen LogP contribution is 2.35. The summed E-state index contributed by atoms with van der Waals surface area (Å²) in [5.41, 5.74) is 5.09. The molecule has 166 valence electrons. The smallest absolute Gasteiger partial charge is 0.355 e. The molecule has 0 aliphatic carbocycles. The second-order valence-electron chi connectivity index (χ2n) is 6.18. The molecule has 12 heteroatoms. The first-order chi connectivity index (χ1) is 15.5. The third kappa shape index (κ3) is 4.92. The average Bonchev–Trinajstić information content (AvgIpc) is 2.82. The molecule has 0 radical (unpaired) electrons. The number of nitrogens with zero attached hydrogens (tertiary/aromatic N) is 3. The second-order valence-corrected chi connectivity index (χ2v) is 6.18. The Morgan fingerprint density at radius 2 is 1.59 bits per heavy atom. The van der Waals surface area contributed by atoms with E-state index in [0.29, 0.717) is 28.5 Å². The van der Waals surface area contributed by atoms with Crippen LogP contribution in [0.4, 0.5) is 23.0 Å². The van der Waals surface area contributed by atoms with Crippen molar-refractivity contribution in [3.8, 4) is 17.2 Å². The maximum absolute atomic E-state index is 12.4. The Labute approximate surface area is 182 Å². The van der Waals surface area contributed by atoms with Gasteiger partial charge in [-0.3, -0.25) is 25.8 Å². The zero-order chi connectivity index (χ0) is 23.1. The summed E-state index contributed by atoms with van der Waals surface area (Å²) in [4.78, 5) is 31.3. The van der Waals surface area contributed by atoms with Crippen molar-refractivity contribution in [1.29, 1.82) is 0 Å². The molecule has 0 aliphatic heterocycles. The van der Waals surface area contributed by atoms with Gasteiger partial charge in [-0.2, -0.15) is 0 Å². The van der Waals surface area contributed by atoms with E-state index in [-0.39, 0.29) is 11.6 Å². The van der Waals surface area contributed by atoms with Gasteiger partial charge in [-0.25, -0.2) is 9.97 Å². The van der Waals surface area contributed by atoms with E-state index in [1.54, 1.807) is 42.5 Å². The zero-order valence-corrected chi connectivity index (χ0v) is 17.4. The number of benzene rings is 2. The van der Waals surface area contributed by atoms with Crippen LogP contribution in [0.15, 0.2) is 48.8 Å². The molecule has 1 aromatic heterocycles. The second kappa shape index (κ2) is 9.93. The lowest BCUT2D eigenvalue weighted by molar-refractivity contribution is -0.383. The Balaban J connectivity index is 1.85. The summed E-state index contributed by atoms with van der Waals surface area (Å²) in [6.07, 6.45) is 1.11. The third-order valence-corrected chi connectivity index (χ3v) is 4.31. The average molecular weight is 440 g/mol. The van der Waals surface area contributed by atoms with Gasteiger partial charge in [0.2, 0.25) is 11.6 Å². The van der Waals surface area contributed by atoms with Crippen LogP contribution in [0.3, 0.4) is 0 Å². The van der Waals surface area contributed by atoms with Crippen molar-refractivity contribution in [2.24, 2.45) is 0 Å². The number of hydrazine groups is 1. The van der Waals surface area contributed by atoms with Gasteiger partial charge in [0.25, 0.3) is 5.91 Å². The van der Waals surface area contributed by atoms with Crippen LogP contribution in [0.2, 0.25) is 0 Å². The number of carbonyl (C=O) groups is 1. The maximum atomic E-state index is 12.4. The van der Waals surface area contributed by atoms with Crippen molar-refractivity contribution in [3.63, 3.8) is 0 Å². The van der Waals surface area contributed by atoms with Crippen molar-refractivity contribution in [3.05, 3.63) is 64.5 Å². The van der Waals surface area contributed by atoms with E-state index in [2.05, 4.69) is 26.1 Å². The quantitative estimate of drug-likeness (QED) is 0.335. The van der Waals surface area contributed by atoms with Crippen molar-refractivity contribution >= 4 is 28.9 Å². The standard InChI is InChI=1S/C20H20N6O6/c1-30-13-6-4-12(5-7-13)20(27)25-24-19-17(26(28)29)18(21-11-22-19)23-15-10-14(31-2)8-9-16(15)32-3/h4-11H,1-3H3,(H,25,27)(H2,21,22,23,24). The summed E-state index contributed by atoms with van der Waals surface area (Å²) >= 11 is 0. The van der Waals surface area contributed by atoms with Gasteiger partial charge in [0.1, 0.15) is 23.6 Å². The van der Waals surface area contributed by atoms with Gasteiger partial charge in [-0.1, -0.05) is 0 Å². The molecule has 0 fully saturated rings. The molecule has 0 saturated heterocycles. The molecule has 3 N–H and O–H groups in total. The number of hydrogen-bond donors (Lipinski definition) is 3. The third-order valence-electron chi connectivity index (χ3n) is 4.31. The van der Waals surface area contributed by atoms with E-state index in [1.165, 1.54) is 21.3 Å². The van der Waals surface area contributed by atoms with Crippen LogP contribution < -0.4 is 30.4 Å². The molecule has 3 aromatic rings. The zero-order valence-electron chi connectivity index (χ0n) is 17.4. The maximum Gasteiger partial charge on any atom is 0.355 e. The van der Waals surface area contributed by atoms with Gasteiger partial charge in [0.05, 0.1) is 31.9 Å². The first kappa shape index (κ1) is 22.1. The predicted octanol–water partition coefficient (Wildman–Crippen LogP) is 2.91. The van der Waals surface area contributed by atoms with Crippen LogP contribution in [0.5, 0.6) is 17.2 Å². The molecular weight excluding hydrogens is 420 g/mol. The molecule has 1 heterocycles. The van der Waals surface area contributed by atoms with Gasteiger partial charge in [0, 0.05) is 11.6 Å². The number of hydrogen-bond acceptors (Lipinski definition) is 10. The van der Waals surface area contributed by atoms with E-state index in [0.717, 1.165) is 6.33 Å². The molecule has 0 saturated carbocycles. The highest BCUT2D eigenvalue weighted by molar-refractivity contribution is 5.95. The number of nitro groups is 1. The molecule has 0 spiro atoms. The topological polar surface area (TPSA) is 150 Å². The van der Waals surface area contributed by atoms with E-state index < -0.39 is 16.5 Å². The van der Waals surface area contributed by atoms with Crippen LogP contribution in [-0.2, 0) is 0 Å². The number of rotatable bonds is 9. The molecule has 2 aromatic carbocycles. The van der Waals surface area contributed by atoms with E-state index >= 15 is 0 Å². The van der Waals surface area contributed by atoms with Crippen LogP contribution >= 0.6 is 0 Å². The summed E-state index contributed by atoms with van der Waals surface area (Å²) in [5.74, 6) is 0.666.